The van der Waals surface area contributed by atoms with E-state index >= 15 is 0 Å². The van der Waals surface area contributed by atoms with Gasteiger partial charge in [-0.25, -0.2) is 9.98 Å². The van der Waals surface area contributed by atoms with Crippen LogP contribution in [0.15, 0.2) is 28.7 Å². The zero-order chi connectivity index (χ0) is 19.2. The molecule has 9 heteroatoms. The summed E-state index contributed by atoms with van der Waals surface area (Å²) in [4.78, 5) is 8.43. The minimum atomic E-state index is -3.54. The minimum Gasteiger partial charge on any atom is -0.504 e. The Morgan fingerprint density at radius 2 is 2.04 bits per heavy atom. The van der Waals surface area contributed by atoms with Crippen LogP contribution >= 0.6 is 18.9 Å². The van der Waals surface area contributed by atoms with Crippen LogP contribution in [0.5, 0.6) is 11.5 Å². The lowest BCUT2D eigenvalue weighted by Crippen LogP contribution is -2.09. The summed E-state index contributed by atoms with van der Waals surface area (Å²) in [6.07, 6.45) is 3.17. The van der Waals surface area contributed by atoms with Crippen LogP contribution < -0.4 is 4.74 Å². The van der Waals surface area contributed by atoms with E-state index in [1.165, 1.54) is 24.7 Å². The van der Waals surface area contributed by atoms with Crippen LogP contribution in [0, 0.1) is 6.92 Å². The molecule has 1 aromatic heterocycles. The van der Waals surface area contributed by atoms with Gasteiger partial charge in [0.05, 0.1) is 20.3 Å². The monoisotopic (exact) mass is 398 g/mol. The minimum absolute atomic E-state index is 0.0366. The first kappa shape index (κ1) is 20.6. The molecule has 1 heterocycles. The van der Waals surface area contributed by atoms with Crippen molar-refractivity contribution in [3.05, 3.63) is 34.8 Å². The van der Waals surface area contributed by atoms with Gasteiger partial charge < -0.3 is 18.9 Å². The quantitative estimate of drug-likeness (QED) is 0.478. The summed E-state index contributed by atoms with van der Waals surface area (Å²) in [5.41, 5.74) is 0.439. The molecule has 1 unspecified atom stereocenters. The average molecular weight is 398 g/mol. The number of aliphatic imine (C=N–C) groups is 1. The molecule has 0 bridgehead atoms. The summed E-state index contributed by atoms with van der Waals surface area (Å²) in [6.45, 7) is 5.70. The molecule has 142 valence electrons. The number of phenolic OH excluding ortho intramolecular Hbond substituents is 1. The van der Waals surface area contributed by atoms with Gasteiger partial charge in [0, 0.05) is 17.8 Å². The van der Waals surface area contributed by atoms with Crippen molar-refractivity contribution in [2.45, 2.75) is 26.4 Å². The van der Waals surface area contributed by atoms with Gasteiger partial charge in [0.2, 0.25) is 5.13 Å². The Kier molecular flexibility index (Phi) is 7.34. The SMILES string of the molecule is CCOP(=O)(OCC)C(C=Nc1nccs1)c1cc(C)c(O)c(OC)c1. The van der Waals surface area contributed by atoms with Crippen LogP contribution in [0.1, 0.15) is 30.6 Å². The van der Waals surface area contributed by atoms with E-state index in [9.17, 15) is 9.67 Å². The number of rotatable bonds is 9. The molecular formula is C17H23N2O5PS. The first-order chi connectivity index (χ1) is 12.4. The molecule has 0 spiro atoms. The number of ether oxygens (including phenoxy) is 1. The molecule has 1 N–H and O–H groups in total. The fourth-order valence-corrected chi connectivity index (χ4v) is 4.77. The van der Waals surface area contributed by atoms with Gasteiger partial charge in [-0.2, -0.15) is 0 Å². The van der Waals surface area contributed by atoms with Crippen LogP contribution in [0.2, 0.25) is 0 Å². The standard InChI is InChI=1S/C17H23N2O5PS/c1-5-23-25(21,24-6-2)15(11-19-17-18-7-8-26-17)13-9-12(3)16(20)14(10-13)22-4/h7-11,15,20H,5-6H2,1-4H3. The zero-order valence-corrected chi connectivity index (χ0v) is 16.9. The largest absolute Gasteiger partial charge is 0.504 e. The molecule has 1 aromatic carbocycles. The lowest BCUT2D eigenvalue weighted by molar-refractivity contribution is 0.217. The third-order valence-electron chi connectivity index (χ3n) is 3.55. The second-order valence-corrected chi connectivity index (χ2v) is 8.33. The lowest BCUT2D eigenvalue weighted by atomic mass is 10.1. The molecule has 2 aromatic rings. The van der Waals surface area contributed by atoms with Crippen LogP contribution in [0.25, 0.3) is 0 Å². The highest BCUT2D eigenvalue weighted by Gasteiger charge is 2.36. The van der Waals surface area contributed by atoms with Gasteiger partial charge in [-0.3, -0.25) is 4.57 Å². The van der Waals surface area contributed by atoms with Crippen LogP contribution in [-0.4, -0.2) is 36.6 Å². The molecule has 0 aliphatic rings. The Morgan fingerprint density at radius 3 is 2.58 bits per heavy atom. The van der Waals surface area contributed by atoms with Crippen molar-refractivity contribution in [1.29, 1.82) is 0 Å². The maximum Gasteiger partial charge on any atom is 0.343 e. The summed E-state index contributed by atoms with van der Waals surface area (Å²) >= 11 is 1.37. The third-order valence-corrected chi connectivity index (χ3v) is 6.58. The summed E-state index contributed by atoms with van der Waals surface area (Å²) in [5.74, 6) is 0.321. The molecule has 0 amide bonds. The van der Waals surface area contributed by atoms with Crippen molar-refractivity contribution in [2.75, 3.05) is 20.3 Å². The fourth-order valence-electron chi connectivity index (χ4n) is 2.42. The van der Waals surface area contributed by atoms with E-state index in [0.717, 1.165) is 0 Å². The number of nitrogens with zero attached hydrogens (tertiary/aromatic N) is 2. The van der Waals surface area contributed by atoms with Gasteiger partial charge in [-0.15, -0.1) is 11.3 Å². The number of hydrogen-bond donors (Lipinski definition) is 1. The number of aryl methyl sites for hydroxylation is 1. The fraction of sp³-hybridized carbons (Fsp3) is 0.412. The highest BCUT2D eigenvalue weighted by molar-refractivity contribution is 7.55. The van der Waals surface area contributed by atoms with Crippen molar-refractivity contribution < 1.29 is 23.5 Å². The molecule has 26 heavy (non-hydrogen) atoms. The third kappa shape index (κ3) is 4.71. The van der Waals surface area contributed by atoms with Gasteiger partial charge in [-0.05, 0) is 38.0 Å². The van der Waals surface area contributed by atoms with E-state index in [1.807, 2.05) is 0 Å². The number of thiazole rings is 1. The lowest BCUT2D eigenvalue weighted by Gasteiger charge is -2.24. The molecule has 2 rings (SSSR count). The second-order valence-electron chi connectivity index (χ2n) is 5.30. The molecule has 7 nitrogen and oxygen atoms in total. The highest BCUT2D eigenvalue weighted by Crippen LogP contribution is 2.61. The molecule has 1 atom stereocenters. The zero-order valence-electron chi connectivity index (χ0n) is 15.2. The van der Waals surface area contributed by atoms with Gasteiger partial charge in [0.15, 0.2) is 11.5 Å². The molecule has 0 aliphatic heterocycles. The van der Waals surface area contributed by atoms with Crippen molar-refractivity contribution >= 4 is 30.3 Å². The predicted molar refractivity (Wildman–Crippen MR) is 103 cm³/mol. The van der Waals surface area contributed by atoms with E-state index in [-0.39, 0.29) is 24.7 Å². The number of phenols is 1. The molecule has 0 radical (unpaired) electrons. The van der Waals surface area contributed by atoms with Crippen LogP contribution in [0.3, 0.4) is 0 Å². The number of methoxy groups -OCH3 is 1. The molecular weight excluding hydrogens is 375 g/mol. The summed E-state index contributed by atoms with van der Waals surface area (Å²) in [6, 6.07) is 3.34. The summed E-state index contributed by atoms with van der Waals surface area (Å²) in [7, 11) is -2.08. The summed E-state index contributed by atoms with van der Waals surface area (Å²) < 4.78 is 29.7. The van der Waals surface area contributed by atoms with Gasteiger partial charge >= 0.3 is 7.60 Å². The van der Waals surface area contributed by atoms with Gasteiger partial charge in [-0.1, -0.05) is 6.07 Å². The first-order valence-electron chi connectivity index (χ1n) is 8.15. The summed E-state index contributed by atoms with van der Waals surface area (Å²) in [5, 5.41) is 12.4. The number of aromatic hydroxyl groups is 1. The maximum absolute atomic E-state index is 13.4. The van der Waals surface area contributed by atoms with Crippen LogP contribution in [0.4, 0.5) is 5.13 Å². The predicted octanol–water partition coefficient (Wildman–Crippen LogP) is 4.88. The Hall–Kier alpha value is -1.73. The second kappa shape index (κ2) is 9.28. The topological polar surface area (TPSA) is 90.2 Å². The number of aromatic nitrogens is 1. The normalized spacial score (nSPS) is 13.2. The van der Waals surface area contributed by atoms with E-state index < -0.39 is 13.3 Å². The molecule has 0 saturated heterocycles. The van der Waals surface area contributed by atoms with E-state index in [1.54, 1.807) is 44.5 Å². The van der Waals surface area contributed by atoms with E-state index in [0.29, 0.717) is 16.3 Å². The molecule has 0 fully saturated rings. The van der Waals surface area contributed by atoms with Crippen molar-refractivity contribution in [2.24, 2.45) is 4.99 Å². The van der Waals surface area contributed by atoms with Crippen molar-refractivity contribution in [3.8, 4) is 11.5 Å². The van der Waals surface area contributed by atoms with Crippen molar-refractivity contribution in [1.82, 2.24) is 4.98 Å². The molecule has 0 aliphatic carbocycles. The Morgan fingerprint density at radius 1 is 1.35 bits per heavy atom. The number of hydrogen-bond acceptors (Lipinski definition) is 8. The van der Waals surface area contributed by atoms with Crippen molar-refractivity contribution in [3.63, 3.8) is 0 Å². The average Bonchev–Trinajstić information content (AvgIpc) is 3.11. The van der Waals surface area contributed by atoms with E-state index in [2.05, 4.69) is 9.98 Å². The van der Waals surface area contributed by atoms with Gasteiger partial charge in [0.25, 0.3) is 0 Å². The van der Waals surface area contributed by atoms with E-state index in [4.69, 9.17) is 13.8 Å². The first-order valence-corrected chi connectivity index (χ1v) is 10.6. The van der Waals surface area contributed by atoms with Crippen LogP contribution in [-0.2, 0) is 13.6 Å². The Balaban J connectivity index is 2.56. The Bertz CT molecular complexity index is 785. The number of benzene rings is 1. The Labute approximate surface area is 157 Å². The van der Waals surface area contributed by atoms with Gasteiger partial charge in [0.1, 0.15) is 5.66 Å². The maximum atomic E-state index is 13.4. The molecule has 0 saturated carbocycles. The highest BCUT2D eigenvalue weighted by atomic mass is 32.1. The smallest absolute Gasteiger partial charge is 0.343 e.